The Morgan fingerprint density at radius 3 is 1.78 bits per heavy atom. The quantitative estimate of drug-likeness (QED) is 0.447. The maximum absolute atomic E-state index is 13.1. The van der Waals surface area contributed by atoms with Gasteiger partial charge in [0, 0.05) is 26.1 Å². The average molecular weight is 451 g/mol. The molecule has 3 aromatic rings. The molecule has 0 saturated heterocycles. The first-order valence-corrected chi connectivity index (χ1v) is 12.6. The summed E-state index contributed by atoms with van der Waals surface area (Å²) in [5.74, 6) is 0.0101. The molecule has 0 unspecified atom stereocenters. The number of benzene rings is 3. The fraction of sp³-hybridized carbons (Fsp3) is 0.269. The molecule has 168 valence electrons. The van der Waals surface area contributed by atoms with Crippen LogP contribution in [0.25, 0.3) is 0 Å². The summed E-state index contributed by atoms with van der Waals surface area (Å²) in [4.78, 5) is 15.0. The first kappa shape index (κ1) is 23.5. The van der Waals surface area contributed by atoms with Crippen molar-refractivity contribution < 1.29 is 13.2 Å². The van der Waals surface area contributed by atoms with Crippen LogP contribution >= 0.6 is 0 Å². The van der Waals surface area contributed by atoms with Gasteiger partial charge in [-0.3, -0.25) is 9.10 Å². The largest absolute Gasteiger partial charge is 0.334 e. The minimum Gasteiger partial charge on any atom is -0.334 e. The molecular weight excluding hydrogens is 420 g/mol. The van der Waals surface area contributed by atoms with Gasteiger partial charge in [0.1, 0.15) is 0 Å². The number of carbonyl (C=O) groups is 1. The molecule has 3 aromatic carbocycles. The highest BCUT2D eigenvalue weighted by Gasteiger charge is 2.20. The van der Waals surface area contributed by atoms with Crippen molar-refractivity contribution in [2.45, 2.75) is 32.9 Å². The van der Waals surface area contributed by atoms with Gasteiger partial charge in [0.05, 0.1) is 11.9 Å². The van der Waals surface area contributed by atoms with Gasteiger partial charge >= 0.3 is 0 Å². The van der Waals surface area contributed by atoms with Crippen LogP contribution in [-0.2, 0) is 27.9 Å². The second-order valence-corrected chi connectivity index (χ2v) is 9.85. The number of hydrogen-bond donors (Lipinski definition) is 0. The highest BCUT2D eigenvalue weighted by molar-refractivity contribution is 7.92. The van der Waals surface area contributed by atoms with E-state index in [2.05, 4.69) is 0 Å². The van der Waals surface area contributed by atoms with Crippen LogP contribution in [0.4, 0.5) is 5.69 Å². The van der Waals surface area contributed by atoms with Gasteiger partial charge in [-0.15, -0.1) is 0 Å². The van der Waals surface area contributed by atoms with Crippen molar-refractivity contribution in [2.75, 3.05) is 17.1 Å². The number of amides is 1. The third-order valence-corrected chi connectivity index (χ3v) is 6.50. The van der Waals surface area contributed by atoms with E-state index in [-0.39, 0.29) is 18.9 Å². The molecule has 1 amide bonds. The Balaban J connectivity index is 1.70. The van der Waals surface area contributed by atoms with E-state index < -0.39 is 10.0 Å². The van der Waals surface area contributed by atoms with Crippen molar-refractivity contribution in [1.29, 1.82) is 0 Å². The minimum absolute atomic E-state index is 0.0101. The SMILES string of the molecule is Cc1ccccc1N(CCCC(=O)N(Cc1ccccc1)Cc1ccccc1)S(C)(=O)=O. The van der Waals surface area contributed by atoms with Crippen LogP contribution in [0.2, 0.25) is 0 Å². The van der Waals surface area contributed by atoms with E-state index in [9.17, 15) is 13.2 Å². The predicted octanol–water partition coefficient (Wildman–Crippen LogP) is 4.77. The van der Waals surface area contributed by atoms with Crippen LogP contribution in [0.5, 0.6) is 0 Å². The number of aryl methyl sites for hydroxylation is 1. The lowest BCUT2D eigenvalue weighted by Gasteiger charge is -2.26. The number of carbonyl (C=O) groups excluding carboxylic acids is 1. The lowest BCUT2D eigenvalue weighted by molar-refractivity contribution is -0.132. The monoisotopic (exact) mass is 450 g/mol. The fourth-order valence-electron chi connectivity index (χ4n) is 3.68. The minimum atomic E-state index is -3.45. The van der Waals surface area contributed by atoms with Crippen LogP contribution in [0.15, 0.2) is 84.9 Å². The van der Waals surface area contributed by atoms with Crippen molar-refractivity contribution in [2.24, 2.45) is 0 Å². The van der Waals surface area contributed by atoms with Crippen LogP contribution in [-0.4, -0.2) is 32.0 Å². The van der Waals surface area contributed by atoms with Gasteiger partial charge in [-0.2, -0.15) is 0 Å². The molecule has 32 heavy (non-hydrogen) atoms. The second kappa shape index (κ2) is 11.0. The van der Waals surface area contributed by atoms with Gasteiger partial charge in [0.2, 0.25) is 15.9 Å². The maximum Gasteiger partial charge on any atom is 0.232 e. The number of sulfonamides is 1. The standard InChI is InChI=1S/C26H30N2O3S/c1-22-12-9-10-17-25(22)28(32(2,30)31)19-11-18-26(29)27(20-23-13-5-3-6-14-23)21-24-15-7-4-8-16-24/h3-10,12-17H,11,18-21H2,1-2H3. The zero-order chi connectivity index (χ0) is 23.0. The highest BCUT2D eigenvalue weighted by Crippen LogP contribution is 2.23. The van der Waals surface area contributed by atoms with Crippen molar-refractivity contribution >= 4 is 21.6 Å². The van der Waals surface area contributed by atoms with Crippen molar-refractivity contribution in [3.05, 3.63) is 102 Å². The Kier molecular flexibility index (Phi) is 8.06. The molecule has 0 aromatic heterocycles. The summed E-state index contributed by atoms with van der Waals surface area (Å²) in [6, 6.07) is 27.2. The molecule has 0 radical (unpaired) electrons. The summed E-state index contributed by atoms with van der Waals surface area (Å²) in [7, 11) is -3.45. The lowest BCUT2D eigenvalue weighted by Crippen LogP contribution is -2.34. The van der Waals surface area contributed by atoms with E-state index in [1.807, 2.05) is 90.7 Å². The van der Waals surface area contributed by atoms with Gasteiger partial charge in [0.15, 0.2) is 0 Å². The number of para-hydroxylation sites is 1. The molecule has 0 fully saturated rings. The Labute approximate surface area is 191 Å². The van der Waals surface area contributed by atoms with E-state index in [0.717, 1.165) is 16.7 Å². The maximum atomic E-state index is 13.1. The zero-order valence-corrected chi connectivity index (χ0v) is 19.5. The summed E-state index contributed by atoms with van der Waals surface area (Å²) < 4.78 is 26.2. The summed E-state index contributed by atoms with van der Waals surface area (Å²) in [5, 5.41) is 0. The Hall–Kier alpha value is -3.12. The molecule has 0 atom stereocenters. The molecular formula is C26H30N2O3S. The normalized spacial score (nSPS) is 11.2. The molecule has 0 saturated carbocycles. The molecule has 0 spiro atoms. The van der Waals surface area contributed by atoms with Crippen molar-refractivity contribution in [3.8, 4) is 0 Å². The molecule has 5 nitrogen and oxygen atoms in total. The summed E-state index contributed by atoms with van der Waals surface area (Å²) >= 11 is 0. The number of anilines is 1. The molecule has 0 aliphatic heterocycles. The van der Waals surface area contributed by atoms with Crippen LogP contribution in [0.1, 0.15) is 29.5 Å². The topological polar surface area (TPSA) is 57.7 Å². The first-order valence-electron chi connectivity index (χ1n) is 10.7. The van der Waals surface area contributed by atoms with Crippen LogP contribution < -0.4 is 4.31 Å². The smallest absolute Gasteiger partial charge is 0.232 e. The molecule has 0 aliphatic rings. The number of rotatable bonds is 10. The summed E-state index contributed by atoms with van der Waals surface area (Å²) in [6.07, 6.45) is 1.93. The molecule has 0 N–H and O–H groups in total. The summed E-state index contributed by atoms with van der Waals surface area (Å²) in [6.45, 7) is 3.18. The van der Waals surface area contributed by atoms with E-state index in [0.29, 0.717) is 25.2 Å². The van der Waals surface area contributed by atoms with E-state index in [1.54, 1.807) is 6.07 Å². The van der Waals surface area contributed by atoms with E-state index in [1.165, 1.54) is 10.6 Å². The Morgan fingerprint density at radius 1 is 0.781 bits per heavy atom. The van der Waals surface area contributed by atoms with Crippen LogP contribution in [0.3, 0.4) is 0 Å². The van der Waals surface area contributed by atoms with Crippen molar-refractivity contribution in [3.63, 3.8) is 0 Å². The third-order valence-electron chi connectivity index (χ3n) is 5.32. The molecule has 3 rings (SSSR count). The molecule has 0 bridgehead atoms. The fourth-order valence-corrected chi connectivity index (χ4v) is 4.70. The molecule has 0 aliphatic carbocycles. The van der Waals surface area contributed by atoms with Gasteiger partial charge in [-0.1, -0.05) is 78.9 Å². The van der Waals surface area contributed by atoms with Crippen molar-refractivity contribution in [1.82, 2.24) is 4.90 Å². The highest BCUT2D eigenvalue weighted by atomic mass is 32.2. The van der Waals surface area contributed by atoms with E-state index in [4.69, 9.17) is 0 Å². The Morgan fingerprint density at radius 2 is 1.28 bits per heavy atom. The van der Waals surface area contributed by atoms with Crippen LogP contribution in [0, 0.1) is 6.92 Å². The predicted molar refractivity (Wildman–Crippen MR) is 130 cm³/mol. The van der Waals surface area contributed by atoms with Gasteiger partial charge in [-0.25, -0.2) is 8.42 Å². The first-order chi connectivity index (χ1) is 15.3. The zero-order valence-electron chi connectivity index (χ0n) is 18.6. The molecule has 6 heteroatoms. The van der Waals surface area contributed by atoms with Gasteiger partial charge in [-0.05, 0) is 36.1 Å². The summed E-state index contributed by atoms with van der Waals surface area (Å²) in [5.41, 5.74) is 3.68. The number of nitrogens with zero attached hydrogens (tertiary/aromatic N) is 2. The van der Waals surface area contributed by atoms with Gasteiger partial charge < -0.3 is 4.90 Å². The third kappa shape index (κ3) is 6.69. The Bertz CT molecular complexity index is 1070. The second-order valence-electron chi connectivity index (χ2n) is 7.95. The lowest BCUT2D eigenvalue weighted by atomic mass is 10.1. The molecule has 0 heterocycles. The van der Waals surface area contributed by atoms with Gasteiger partial charge in [0.25, 0.3) is 0 Å². The van der Waals surface area contributed by atoms with E-state index >= 15 is 0 Å². The number of hydrogen-bond acceptors (Lipinski definition) is 3. The average Bonchev–Trinajstić information content (AvgIpc) is 2.77.